The van der Waals surface area contributed by atoms with Gasteiger partial charge in [-0.3, -0.25) is 4.90 Å². The Morgan fingerprint density at radius 3 is 2.52 bits per heavy atom. The number of nitrogens with one attached hydrogen (secondary N) is 2. The van der Waals surface area contributed by atoms with Crippen molar-refractivity contribution >= 4 is 11.7 Å². The third-order valence-electron chi connectivity index (χ3n) is 5.70. The maximum absolute atomic E-state index is 12.5. The first-order valence-electron chi connectivity index (χ1n) is 10.8. The van der Waals surface area contributed by atoms with Crippen molar-refractivity contribution in [3.05, 3.63) is 60.2 Å². The Morgan fingerprint density at radius 2 is 1.85 bits per heavy atom. The lowest BCUT2D eigenvalue weighted by Gasteiger charge is -2.32. The van der Waals surface area contributed by atoms with Gasteiger partial charge in [-0.2, -0.15) is 0 Å². The number of carbonyl (C=O) groups is 1. The van der Waals surface area contributed by atoms with Crippen LogP contribution in [-0.2, 0) is 7.05 Å². The first-order chi connectivity index (χ1) is 15.8. The van der Waals surface area contributed by atoms with Gasteiger partial charge in [0.05, 0.1) is 18.2 Å². The molecule has 1 aromatic heterocycles. The number of carbonyl (C=O) groups excluding carboxylic acids is 1. The molecule has 10 heteroatoms. The highest BCUT2D eigenvalue weighted by molar-refractivity contribution is 5.90. The summed E-state index contributed by atoms with van der Waals surface area (Å²) in [5.74, 6) is 0.581. The van der Waals surface area contributed by atoms with Crippen LogP contribution in [0, 0.1) is 0 Å². The molecular formula is C23H31N7O3. The zero-order valence-corrected chi connectivity index (χ0v) is 19.3. The van der Waals surface area contributed by atoms with Gasteiger partial charge in [0.15, 0.2) is 5.82 Å². The number of urea groups is 1. The Bertz CT molecular complexity index is 1040. The molecule has 176 valence electrons. The van der Waals surface area contributed by atoms with Crippen LogP contribution >= 0.6 is 0 Å². The van der Waals surface area contributed by atoms with E-state index in [1.54, 1.807) is 36.9 Å². The van der Waals surface area contributed by atoms with E-state index in [0.717, 1.165) is 11.1 Å². The summed E-state index contributed by atoms with van der Waals surface area (Å²) in [7, 11) is 3.57. The quantitative estimate of drug-likeness (QED) is 0.389. The van der Waals surface area contributed by atoms with Crippen LogP contribution in [0.4, 0.5) is 10.5 Å². The average Bonchev–Trinajstić information content (AvgIpc) is 3.24. The minimum atomic E-state index is -0.831. The molecule has 0 saturated carbocycles. The second-order valence-corrected chi connectivity index (χ2v) is 8.20. The van der Waals surface area contributed by atoms with Crippen LogP contribution in [-0.4, -0.2) is 73.1 Å². The van der Waals surface area contributed by atoms with Crippen molar-refractivity contribution in [3.8, 4) is 11.4 Å². The molecule has 0 aliphatic carbocycles. The highest BCUT2D eigenvalue weighted by Gasteiger charge is 2.25. The van der Waals surface area contributed by atoms with Crippen LogP contribution in [0.25, 0.3) is 11.4 Å². The van der Waals surface area contributed by atoms with Gasteiger partial charge in [-0.05, 0) is 49.0 Å². The molecule has 4 N–H and O–H groups in total. The highest BCUT2D eigenvalue weighted by atomic mass is 16.3. The lowest BCUT2D eigenvalue weighted by atomic mass is 10.0. The molecule has 10 nitrogen and oxygen atoms in total. The standard InChI is InChI=1S/C23H31N7O3/c1-15(20(31)14-29(3)16(2)21(32)17-9-6-5-7-10-17)24-23(33)25-19-12-8-11-18(13-19)22-26-27-28-30(22)4/h5-13,15-16,20-21,31-32H,14H2,1-4H3,(H2,24,25,33)/t15-,16+,20+,21+/m1/s1. The van der Waals surface area contributed by atoms with Crippen molar-refractivity contribution < 1.29 is 15.0 Å². The number of nitrogens with zero attached hydrogens (tertiary/aromatic N) is 5. The van der Waals surface area contributed by atoms with Gasteiger partial charge >= 0.3 is 6.03 Å². The third kappa shape index (κ3) is 6.35. The lowest BCUT2D eigenvalue weighted by molar-refractivity contribution is 0.0332. The Hall–Kier alpha value is -3.34. The average molecular weight is 454 g/mol. The number of hydrogen-bond acceptors (Lipinski definition) is 7. The molecule has 0 spiro atoms. The molecule has 0 saturated heterocycles. The Kier molecular flexibility index (Phi) is 8.10. The molecule has 0 fully saturated rings. The van der Waals surface area contributed by atoms with E-state index >= 15 is 0 Å². The predicted octanol–water partition coefficient (Wildman–Crippen LogP) is 1.80. The molecule has 0 unspecified atom stereocenters. The smallest absolute Gasteiger partial charge is 0.319 e. The minimum Gasteiger partial charge on any atom is -0.390 e. The fourth-order valence-electron chi connectivity index (χ4n) is 3.47. The molecule has 0 aliphatic heterocycles. The monoisotopic (exact) mass is 453 g/mol. The summed E-state index contributed by atoms with van der Waals surface area (Å²) in [5.41, 5.74) is 2.16. The Morgan fingerprint density at radius 1 is 1.12 bits per heavy atom. The van der Waals surface area contributed by atoms with Gasteiger partial charge in [0.2, 0.25) is 0 Å². The Balaban J connectivity index is 1.52. The minimum absolute atomic E-state index is 0.221. The zero-order valence-electron chi connectivity index (χ0n) is 19.3. The molecule has 3 aromatic rings. The number of hydrogen-bond donors (Lipinski definition) is 4. The summed E-state index contributed by atoms with van der Waals surface area (Å²) in [5, 5.41) is 38.2. The van der Waals surface area contributed by atoms with E-state index in [1.165, 1.54) is 0 Å². The highest BCUT2D eigenvalue weighted by Crippen LogP contribution is 2.21. The van der Waals surface area contributed by atoms with Gasteiger partial charge in [0.1, 0.15) is 0 Å². The van der Waals surface area contributed by atoms with Crippen LogP contribution in [0.2, 0.25) is 0 Å². The Labute approximate surface area is 193 Å². The summed E-state index contributed by atoms with van der Waals surface area (Å²) in [6, 6.07) is 15.4. The maximum Gasteiger partial charge on any atom is 0.319 e. The number of aliphatic hydroxyl groups is 2. The van der Waals surface area contributed by atoms with Gasteiger partial charge in [-0.25, -0.2) is 9.48 Å². The van der Waals surface area contributed by atoms with Gasteiger partial charge < -0.3 is 20.8 Å². The number of aromatic nitrogens is 4. The van der Waals surface area contributed by atoms with Crippen molar-refractivity contribution in [1.29, 1.82) is 0 Å². The van der Waals surface area contributed by atoms with Crippen LogP contribution in [0.5, 0.6) is 0 Å². The molecular weight excluding hydrogens is 422 g/mol. The van der Waals surface area contributed by atoms with Gasteiger partial charge in [0, 0.05) is 30.9 Å². The van der Waals surface area contributed by atoms with Crippen molar-refractivity contribution in [3.63, 3.8) is 0 Å². The van der Waals surface area contributed by atoms with E-state index in [-0.39, 0.29) is 12.6 Å². The molecule has 33 heavy (non-hydrogen) atoms. The molecule has 4 atom stereocenters. The fourth-order valence-corrected chi connectivity index (χ4v) is 3.47. The number of aryl methyl sites for hydroxylation is 1. The molecule has 0 radical (unpaired) electrons. The summed E-state index contributed by atoms with van der Waals surface area (Å²) < 4.78 is 1.55. The number of anilines is 1. The second-order valence-electron chi connectivity index (χ2n) is 8.20. The number of rotatable bonds is 9. The number of amides is 2. The lowest BCUT2D eigenvalue weighted by Crippen LogP contribution is -2.49. The van der Waals surface area contributed by atoms with Crippen molar-refractivity contribution in [2.24, 2.45) is 7.05 Å². The second kappa shape index (κ2) is 11.0. The molecule has 2 aromatic carbocycles. The van der Waals surface area contributed by atoms with Crippen molar-refractivity contribution in [1.82, 2.24) is 30.4 Å². The first-order valence-corrected chi connectivity index (χ1v) is 10.8. The number of tetrazole rings is 1. The van der Waals surface area contributed by atoms with E-state index in [2.05, 4.69) is 26.2 Å². The first kappa shape index (κ1) is 24.3. The van der Waals surface area contributed by atoms with Crippen molar-refractivity contribution in [2.75, 3.05) is 18.9 Å². The van der Waals surface area contributed by atoms with E-state index in [1.807, 2.05) is 55.3 Å². The normalized spacial score (nSPS) is 15.0. The third-order valence-corrected chi connectivity index (χ3v) is 5.70. The number of benzene rings is 2. The predicted molar refractivity (Wildman–Crippen MR) is 125 cm³/mol. The molecule has 0 bridgehead atoms. The fraction of sp³-hybridized carbons (Fsp3) is 0.391. The number of likely N-dealkylation sites (N-methyl/N-ethyl adjacent to an activating group) is 1. The summed E-state index contributed by atoms with van der Waals surface area (Å²) in [6.07, 6.45) is -1.52. The molecule has 3 rings (SSSR count). The molecule has 2 amide bonds. The SMILES string of the molecule is C[C@@H](NC(=O)Nc1cccc(-c2nnnn2C)c1)[C@@H](O)CN(C)[C@@H](C)[C@H](O)c1ccccc1. The van der Waals surface area contributed by atoms with E-state index in [4.69, 9.17) is 0 Å². The topological polar surface area (TPSA) is 128 Å². The van der Waals surface area contributed by atoms with E-state index in [0.29, 0.717) is 11.5 Å². The molecule has 0 aliphatic rings. The van der Waals surface area contributed by atoms with Crippen LogP contribution in [0.1, 0.15) is 25.5 Å². The van der Waals surface area contributed by atoms with Gasteiger partial charge in [0.25, 0.3) is 0 Å². The van der Waals surface area contributed by atoms with Crippen LogP contribution in [0.15, 0.2) is 54.6 Å². The summed E-state index contributed by atoms with van der Waals surface area (Å²) >= 11 is 0. The zero-order chi connectivity index (χ0) is 24.0. The maximum atomic E-state index is 12.5. The van der Waals surface area contributed by atoms with Crippen LogP contribution in [0.3, 0.4) is 0 Å². The van der Waals surface area contributed by atoms with Crippen LogP contribution < -0.4 is 10.6 Å². The van der Waals surface area contributed by atoms with Gasteiger partial charge in [-0.15, -0.1) is 5.10 Å². The van der Waals surface area contributed by atoms with Gasteiger partial charge in [-0.1, -0.05) is 42.5 Å². The van der Waals surface area contributed by atoms with E-state index in [9.17, 15) is 15.0 Å². The summed E-state index contributed by atoms with van der Waals surface area (Å²) in [6.45, 7) is 3.91. The van der Waals surface area contributed by atoms with Crippen molar-refractivity contribution in [2.45, 2.75) is 38.1 Å². The van der Waals surface area contributed by atoms with E-state index < -0.39 is 24.3 Å². The number of aliphatic hydroxyl groups excluding tert-OH is 2. The largest absolute Gasteiger partial charge is 0.390 e. The molecule has 1 heterocycles. The summed E-state index contributed by atoms with van der Waals surface area (Å²) in [4.78, 5) is 14.3.